The van der Waals surface area contributed by atoms with Crippen LogP contribution in [-0.4, -0.2) is 49.5 Å². The van der Waals surface area contributed by atoms with E-state index in [0.717, 1.165) is 36.1 Å². The average Bonchev–Trinajstić information content (AvgIpc) is 3.43. The van der Waals surface area contributed by atoms with Gasteiger partial charge in [0.25, 0.3) is 5.89 Å². The molecular weight excluding hydrogens is 522 g/mol. The maximum atomic E-state index is 12.9. The number of carbonyl (C=O) groups is 2. The first-order valence-electron chi connectivity index (χ1n) is 11.9. The summed E-state index contributed by atoms with van der Waals surface area (Å²) < 4.78 is 47.7. The highest BCUT2D eigenvalue weighted by molar-refractivity contribution is 7.91. The number of esters is 1. The van der Waals surface area contributed by atoms with Gasteiger partial charge in [0.1, 0.15) is 17.4 Å². The summed E-state index contributed by atoms with van der Waals surface area (Å²) in [5.41, 5.74) is 1.18. The number of sulfone groups is 1. The van der Waals surface area contributed by atoms with Gasteiger partial charge in [0.05, 0.1) is 12.2 Å². The van der Waals surface area contributed by atoms with Crippen LogP contribution in [0.4, 0.5) is 5.00 Å². The normalized spacial score (nSPS) is 16.9. The molecule has 0 saturated heterocycles. The molecule has 1 aliphatic carbocycles. The molecule has 13 heteroatoms. The third-order valence-electron chi connectivity index (χ3n) is 5.95. The number of carbonyl (C=O) groups excluding carboxylic acids is 2. The minimum absolute atomic E-state index is 0.0544. The molecule has 3 heterocycles. The van der Waals surface area contributed by atoms with Crippen LogP contribution in [0.2, 0.25) is 0 Å². The van der Waals surface area contributed by atoms with Gasteiger partial charge >= 0.3 is 11.2 Å². The summed E-state index contributed by atoms with van der Waals surface area (Å²) in [6.07, 6.45) is 3.67. The number of ether oxygens (including phenoxy) is 3. The van der Waals surface area contributed by atoms with Gasteiger partial charge in [0, 0.05) is 4.88 Å². The Balaban J connectivity index is 1.30. The summed E-state index contributed by atoms with van der Waals surface area (Å²) >= 11 is 1.29. The maximum Gasteiger partial charge on any atom is 0.341 e. The number of aryl methyl sites for hydroxylation is 1. The molecule has 2 aliphatic rings. The van der Waals surface area contributed by atoms with Gasteiger partial charge in [-0.05, 0) is 50.3 Å². The summed E-state index contributed by atoms with van der Waals surface area (Å²) in [5, 5.41) is 9.60. The molecule has 1 unspecified atom stereocenters. The lowest BCUT2D eigenvalue weighted by molar-refractivity contribution is -0.113. The standard InChI is InChI=1S/C24H25N3O8S2/c1-2-32-23(29)20-14-8-4-3-5-11-18(14)36-22(20)25-19(28)13-37(30,31)24-27-26-21(35-24)17-12-33-15-9-6-7-10-16(15)34-17/h6-7,9-10,17H,2-5,8,11-13H2,1H3,(H,25,28). The number of benzene rings is 1. The zero-order valence-electron chi connectivity index (χ0n) is 20.0. The second-order valence-corrected chi connectivity index (χ2v) is 11.5. The second-order valence-electron chi connectivity index (χ2n) is 8.57. The Hall–Kier alpha value is -3.45. The van der Waals surface area contributed by atoms with E-state index in [4.69, 9.17) is 18.6 Å². The van der Waals surface area contributed by atoms with Crippen LogP contribution < -0.4 is 14.8 Å². The molecule has 5 rings (SSSR count). The molecule has 1 aliphatic heterocycles. The number of nitrogens with one attached hydrogen (secondary N) is 1. The van der Waals surface area contributed by atoms with E-state index in [0.29, 0.717) is 28.5 Å². The number of hydrogen-bond acceptors (Lipinski definition) is 11. The minimum Gasteiger partial charge on any atom is -0.485 e. The van der Waals surface area contributed by atoms with Gasteiger partial charge in [0.15, 0.2) is 11.5 Å². The molecular formula is C24H25N3O8S2. The Labute approximate surface area is 217 Å². The van der Waals surface area contributed by atoms with Crippen molar-refractivity contribution in [1.29, 1.82) is 0 Å². The first kappa shape index (κ1) is 25.2. The Morgan fingerprint density at radius 1 is 1.14 bits per heavy atom. The Kier molecular flexibility index (Phi) is 7.15. The number of rotatable bonds is 7. The number of anilines is 1. The number of fused-ring (bicyclic) bond motifs is 2. The van der Waals surface area contributed by atoms with Crippen LogP contribution in [0.3, 0.4) is 0 Å². The van der Waals surface area contributed by atoms with Gasteiger partial charge in [-0.3, -0.25) is 4.79 Å². The van der Waals surface area contributed by atoms with Crippen LogP contribution in [-0.2, 0) is 32.2 Å². The summed E-state index contributed by atoms with van der Waals surface area (Å²) in [6.45, 7) is 1.95. The van der Waals surface area contributed by atoms with Crippen LogP contribution in [0.1, 0.15) is 59.0 Å². The molecule has 196 valence electrons. The molecule has 3 aromatic rings. The summed E-state index contributed by atoms with van der Waals surface area (Å²) in [7, 11) is -4.27. The van der Waals surface area contributed by atoms with Crippen LogP contribution in [0.25, 0.3) is 0 Å². The number of nitrogens with zero attached hydrogens (tertiary/aromatic N) is 2. The molecule has 0 bridgehead atoms. The predicted molar refractivity (Wildman–Crippen MR) is 132 cm³/mol. The predicted octanol–water partition coefficient (Wildman–Crippen LogP) is 3.50. The Morgan fingerprint density at radius 3 is 2.73 bits per heavy atom. The molecule has 0 radical (unpaired) electrons. The topological polar surface area (TPSA) is 147 Å². The quantitative estimate of drug-likeness (QED) is 0.344. The highest BCUT2D eigenvalue weighted by Gasteiger charge is 2.33. The van der Waals surface area contributed by atoms with Crippen molar-refractivity contribution >= 4 is 38.1 Å². The lowest BCUT2D eigenvalue weighted by Crippen LogP contribution is -2.24. The molecule has 1 aromatic carbocycles. The molecule has 1 N–H and O–H groups in total. The van der Waals surface area contributed by atoms with E-state index in [1.165, 1.54) is 11.3 Å². The van der Waals surface area contributed by atoms with Crippen LogP contribution in [0, 0.1) is 0 Å². The van der Waals surface area contributed by atoms with Gasteiger partial charge in [-0.25, -0.2) is 13.2 Å². The van der Waals surface area contributed by atoms with Crippen LogP contribution in [0.5, 0.6) is 11.5 Å². The lowest BCUT2D eigenvalue weighted by Gasteiger charge is -2.23. The van der Waals surface area contributed by atoms with Gasteiger partial charge in [0.2, 0.25) is 21.8 Å². The van der Waals surface area contributed by atoms with Crippen LogP contribution >= 0.6 is 11.3 Å². The minimum atomic E-state index is -4.27. The lowest BCUT2D eigenvalue weighted by atomic mass is 10.1. The van der Waals surface area contributed by atoms with Crippen molar-refractivity contribution in [2.45, 2.75) is 50.4 Å². The smallest absolute Gasteiger partial charge is 0.341 e. The van der Waals surface area contributed by atoms with Crippen molar-refractivity contribution in [3.05, 3.63) is 46.2 Å². The average molecular weight is 548 g/mol. The van der Waals surface area contributed by atoms with Gasteiger partial charge in [-0.15, -0.1) is 16.4 Å². The fourth-order valence-electron chi connectivity index (χ4n) is 4.26. The zero-order valence-corrected chi connectivity index (χ0v) is 21.7. The summed E-state index contributed by atoms with van der Waals surface area (Å²) in [4.78, 5) is 26.5. The molecule has 0 spiro atoms. The number of thiophene rings is 1. The molecule has 11 nitrogen and oxygen atoms in total. The van der Waals surface area contributed by atoms with E-state index < -0.39 is 38.8 Å². The SMILES string of the molecule is CCOC(=O)c1c(NC(=O)CS(=O)(=O)c2nnc(C3COc4ccccc4O3)o2)sc2c1CCCCC2. The molecule has 0 fully saturated rings. The highest BCUT2D eigenvalue weighted by atomic mass is 32.2. The van der Waals surface area contributed by atoms with Crippen molar-refractivity contribution in [1.82, 2.24) is 10.2 Å². The third kappa shape index (κ3) is 5.32. The molecule has 1 amide bonds. The van der Waals surface area contributed by atoms with E-state index in [1.54, 1.807) is 31.2 Å². The zero-order chi connectivity index (χ0) is 26.0. The number of amides is 1. The molecule has 2 aromatic heterocycles. The summed E-state index contributed by atoms with van der Waals surface area (Å²) in [6, 6.07) is 7.01. The van der Waals surface area contributed by atoms with Crippen molar-refractivity contribution in [2.75, 3.05) is 24.3 Å². The Bertz CT molecular complexity index is 1430. The first-order valence-corrected chi connectivity index (χ1v) is 14.4. The fourth-order valence-corrected chi connectivity index (χ4v) is 6.48. The molecule has 1 atom stereocenters. The van der Waals surface area contributed by atoms with E-state index in [9.17, 15) is 18.0 Å². The van der Waals surface area contributed by atoms with Crippen molar-refractivity contribution in [3.8, 4) is 11.5 Å². The van der Waals surface area contributed by atoms with Crippen LogP contribution in [0.15, 0.2) is 33.9 Å². The first-order chi connectivity index (χ1) is 17.9. The Morgan fingerprint density at radius 2 is 1.92 bits per heavy atom. The van der Waals surface area contributed by atoms with E-state index in [1.807, 2.05) is 0 Å². The third-order valence-corrected chi connectivity index (χ3v) is 8.49. The number of para-hydroxylation sites is 2. The molecule has 37 heavy (non-hydrogen) atoms. The van der Waals surface area contributed by atoms with E-state index in [2.05, 4.69) is 15.5 Å². The van der Waals surface area contributed by atoms with Gasteiger partial charge in [-0.2, -0.15) is 0 Å². The van der Waals surface area contributed by atoms with Crippen molar-refractivity contribution in [3.63, 3.8) is 0 Å². The maximum absolute atomic E-state index is 12.9. The van der Waals surface area contributed by atoms with Crippen molar-refractivity contribution in [2.24, 2.45) is 0 Å². The van der Waals surface area contributed by atoms with E-state index >= 15 is 0 Å². The fraction of sp³-hybridized carbons (Fsp3) is 0.417. The monoisotopic (exact) mass is 547 g/mol. The largest absolute Gasteiger partial charge is 0.485 e. The number of hydrogen-bond donors (Lipinski definition) is 1. The molecule has 0 saturated carbocycles. The second kappa shape index (κ2) is 10.5. The van der Waals surface area contributed by atoms with Gasteiger partial charge in [-0.1, -0.05) is 23.7 Å². The highest BCUT2D eigenvalue weighted by Crippen LogP contribution is 2.38. The van der Waals surface area contributed by atoms with E-state index in [-0.39, 0.29) is 19.1 Å². The van der Waals surface area contributed by atoms with Crippen molar-refractivity contribution < 1.29 is 36.6 Å². The number of aromatic nitrogens is 2. The summed E-state index contributed by atoms with van der Waals surface area (Å²) in [5.74, 6) is -1.36. The van der Waals surface area contributed by atoms with Gasteiger partial charge < -0.3 is 23.9 Å².